The van der Waals surface area contributed by atoms with Crippen molar-refractivity contribution in [3.8, 4) is 0 Å². The normalized spacial score (nSPS) is 12.8. The summed E-state index contributed by atoms with van der Waals surface area (Å²) in [6.07, 6.45) is -1.20. The molecule has 0 aliphatic carbocycles. The lowest BCUT2D eigenvalue weighted by atomic mass is 10.1. The van der Waals surface area contributed by atoms with E-state index in [-0.39, 0.29) is 0 Å². The molecule has 0 heterocycles. The van der Waals surface area contributed by atoms with Crippen LogP contribution in [-0.2, 0) is 14.3 Å². The average Bonchev–Trinajstić information content (AvgIpc) is 2.51. The Morgan fingerprint density at radius 1 is 1.08 bits per heavy atom. The molecule has 0 saturated heterocycles. The fraction of sp³-hybridized carbons (Fsp3) is 0.375. The number of benzene rings is 1. The van der Waals surface area contributed by atoms with Crippen molar-refractivity contribution in [2.75, 3.05) is 0 Å². The number of hydrogen-bond donors (Lipinski definition) is 3. The number of primary amides is 1. The number of amides is 4. The van der Waals surface area contributed by atoms with E-state index in [1.165, 1.54) is 6.92 Å². The number of carbonyl (C=O) groups excluding carboxylic acids is 4. The number of carbonyl (C=O) groups is 4. The van der Waals surface area contributed by atoms with E-state index in [1.54, 1.807) is 38.1 Å². The molecule has 9 heteroatoms. The Morgan fingerprint density at radius 2 is 1.64 bits per heavy atom. The molecule has 0 aromatic heterocycles. The first-order valence-electron chi connectivity index (χ1n) is 7.49. The Labute approximate surface area is 153 Å². The smallest absolute Gasteiger partial charge is 0.329 e. The van der Waals surface area contributed by atoms with Crippen molar-refractivity contribution < 1.29 is 23.9 Å². The Morgan fingerprint density at radius 3 is 2.12 bits per heavy atom. The minimum absolute atomic E-state index is 0.370. The van der Waals surface area contributed by atoms with Crippen LogP contribution >= 0.6 is 15.9 Å². The molecule has 0 aliphatic rings. The van der Waals surface area contributed by atoms with Crippen LogP contribution in [-0.4, -0.2) is 36.0 Å². The van der Waals surface area contributed by atoms with Gasteiger partial charge in [0.15, 0.2) is 6.10 Å². The van der Waals surface area contributed by atoms with E-state index >= 15 is 0 Å². The highest BCUT2D eigenvalue weighted by molar-refractivity contribution is 9.10. The van der Waals surface area contributed by atoms with E-state index in [0.717, 1.165) is 4.47 Å². The number of rotatable bonds is 6. The Balaban J connectivity index is 2.70. The molecule has 1 rings (SSSR count). The standard InChI is InChI=1S/C16H20BrN3O5/c1-8(2)12(14(22)20-16(18)24)25-15(23)9(3)19-13(21)10-4-6-11(17)7-5-10/h4-9,12H,1-3H3,(H,19,21)(H3,18,20,22,24)/t9-,12+/m0/s1. The van der Waals surface area contributed by atoms with E-state index in [4.69, 9.17) is 10.5 Å². The molecule has 0 fully saturated rings. The second-order valence-electron chi connectivity index (χ2n) is 5.66. The van der Waals surface area contributed by atoms with Gasteiger partial charge >= 0.3 is 12.0 Å². The van der Waals surface area contributed by atoms with Crippen molar-refractivity contribution >= 4 is 39.7 Å². The van der Waals surface area contributed by atoms with E-state index in [9.17, 15) is 19.2 Å². The highest BCUT2D eigenvalue weighted by Gasteiger charge is 2.29. The molecule has 136 valence electrons. The van der Waals surface area contributed by atoms with Gasteiger partial charge in [0.25, 0.3) is 11.8 Å². The van der Waals surface area contributed by atoms with Gasteiger partial charge < -0.3 is 15.8 Å². The zero-order valence-corrected chi connectivity index (χ0v) is 15.6. The third-order valence-corrected chi connectivity index (χ3v) is 3.69. The van der Waals surface area contributed by atoms with Crippen LogP contribution in [0.3, 0.4) is 0 Å². The van der Waals surface area contributed by atoms with Crippen LogP contribution in [0.2, 0.25) is 0 Å². The minimum Gasteiger partial charge on any atom is -0.450 e. The SMILES string of the molecule is CC(C)[C@@H](OC(=O)[C@H](C)NC(=O)c1ccc(Br)cc1)C(=O)NC(N)=O. The predicted octanol–water partition coefficient (Wildman–Crippen LogP) is 1.33. The van der Waals surface area contributed by atoms with Crippen molar-refractivity contribution in [3.63, 3.8) is 0 Å². The predicted molar refractivity (Wildman–Crippen MR) is 93.5 cm³/mol. The highest BCUT2D eigenvalue weighted by atomic mass is 79.9. The number of nitrogens with one attached hydrogen (secondary N) is 2. The topological polar surface area (TPSA) is 128 Å². The third kappa shape index (κ3) is 6.54. The van der Waals surface area contributed by atoms with Gasteiger partial charge in [-0.1, -0.05) is 29.8 Å². The van der Waals surface area contributed by atoms with Crippen molar-refractivity contribution in [3.05, 3.63) is 34.3 Å². The lowest BCUT2D eigenvalue weighted by Gasteiger charge is -2.22. The molecule has 25 heavy (non-hydrogen) atoms. The molecule has 1 aromatic carbocycles. The number of halogens is 1. The van der Waals surface area contributed by atoms with Crippen LogP contribution in [0, 0.1) is 5.92 Å². The van der Waals surface area contributed by atoms with E-state index in [1.807, 2.05) is 5.32 Å². The van der Waals surface area contributed by atoms with Crippen molar-refractivity contribution in [1.29, 1.82) is 0 Å². The first-order valence-corrected chi connectivity index (χ1v) is 8.28. The van der Waals surface area contributed by atoms with Gasteiger partial charge in [-0.15, -0.1) is 0 Å². The number of esters is 1. The Hall–Kier alpha value is -2.42. The molecular formula is C16H20BrN3O5. The van der Waals surface area contributed by atoms with Gasteiger partial charge in [0.1, 0.15) is 6.04 Å². The van der Waals surface area contributed by atoms with Gasteiger partial charge in [0.2, 0.25) is 0 Å². The maximum Gasteiger partial charge on any atom is 0.329 e. The molecule has 0 radical (unpaired) electrons. The first kappa shape index (κ1) is 20.6. The van der Waals surface area contributed by atoms with Crippen molar-refractivity contribution in [1.82, 2.24) is 10.6 Å². The summed E-state index contributed by atoms with van der Waals surface area (Å²) in [6, 6.07) is 4.55. The summed E-state index contributed by atoms with van der Waals surface area (Å²) < 4.78 is 5.93. The number of nitrogens with two attached hydrogens (primary N) is 1. The second-order valence-corrected chi connectivity index (χ2v) is 6.57. The number of hydrogen-bond acceptors (Lipinski definition) is 5. The molecule has 1 aromatic rings. The summed E-state index contributed by atoms with van der Waals surface area (Å²) in [7, 11) is 0. The third-order valence-electron chi connectivity index (χ3n) is 3.16. The summed E-state index contributed by atoms with van der Waals surface area (Å²) in [5.74, 6) is -2.47. The van der Waals surface area contributed by atoms with Gasteiger partial charge in [-0.2, -0.15) is 0 Å². The van der Waals surface area contributed by atoms with Crippen LogP contribution in [0.5, 0.6) is 0 Å². The molecule has 0 aliphatic heterocycles. The van der Waals surface area contributed by atoms with Crippen molar-refractivity contribution in [2.24, 2.45) is 11.7 Å². The summed E-state index contributed by atoms with van der Waals surface area (Å²) in [4.78, 5) is 46.8. The Kier molecular flexibility index (Phi) is 7.56. The van der Waals surface area contributed by atoms with Crippen LogP contribution in [0.1, 0.15) is 31.1 Å². The molecule has 2 atom stereocenters. The lowest BCUT2D eigenvalue weighted by Crippen LogP contribution is -2.48. The van der Waals surface area contributed by atoms with E-state index < -0.39 is 41.9 Å². The fourth-order valence-electron chi connectivity index (χ4n) is 1.85. The number of ether oxygens (including phenoxy) is 1. The van der Waals surface area contributed by atoms with E-state index in [2.05, 4.69) is 21.2 Å². The van der Waals surface area contributed by atoms with Crippen molar-refractivity contribution in [2.45, 2.75) is 32.9 Å². The summed E-state index contributed by atoms with van der Waals surface area (Å²) in [5.41, 5.74) is 5.26. The van der Waals surface area contributed by atoms with Crippen LogP contribution in [0.4, 0.5) is 4.79 Å². The molecule has 0 bridgehead atoms. The number of imide groups is 1. The fourth-order valence-corrected chi connectivity index (χ4v) is 2.12. The quantitative estimate of drug-likeness (QED) is 0.606. The summed E-state index contributed by atoms with van der Waals surface area (Å²) in [5, 5.41) is 4.36. The van der Waals surface area contributed by atoms with Crippen LogP contribution in [0.25, 0.3) is 0 Å². The summed E-state index contributed by atoms with van der Waals surface area (Å²) in [6.45, 7) is 4.72. The Bertz CT molecular complexity index is 660. The second kappa shape index (κ2) is 9.16. The average molecular weight is 414 g/mol. The largest absolute Gasteiger partial charge is 0.450 e. The molecule has 4 N–H and O–H groups in total. The zero-order chi connectivity index (χ0) is 19.1. The molecular weight excluding hydrogens is 394 g/mol. The lowest BCUT2D eigenvalue weighted by molar-refractivity contribution is -0.159. The first-order chi connectivity index (χ1) is 11.6. The molecule has 4 amide bonds. The molecule has 8 nitrogen and oxygen atoms in total. The van der Waals surface area contributed by atoms with Gasteiger partial charge in [-0.3, -0.25) is 14.9 Å². The van der Waals surface area contributed by atoms with Gasteiger partial charge in [0.05, 0.1) is 0 Å². The van der Waals surface area contributed by atoms with Gasteiger partial charge in [-0.05, 0) is 37.1 Å². The molecule has 0 saturated carbocycles. The van der Waals surface area contributed by atoms with E-state index in [0.29, 0.717) is 5.56 Å². The maximum atomic E-state index is 12.1. The van der Waals surface area contributed by atoms with Gasteiger partial charge in [0, 0.05) is 10.0 Å². The van der Waals surface area contributed by atoms with Crippen LogP contribution < -0.4 is 16.4 Å². The maximum absolute atomic E-state index is 12.1. The minimum atomic E-state index is -1.20. The molecule has 0 unspecified atom stereocenters. The van der Waals surface area contributed by atoms with Crippen LogP contribution in [0.15, 0.2) is 28.7 Å². The molecule has 0 spiro atoms. The van der Waals surface area contributed by atoms with Gasteiger partial charge in [-0.25, -0.2) is 9.59 Å². The monoisotopic (exact) mass is 413 g/mol. The zero-order valence-electron chi connectivity index (χ0n) is 14.0. The summed E-state index contributed by atoms with van der Waals surface area (Å²) >= 11 is 3.26. The number of urea groups is 1. The highest BCUT2D eigenvalue weighted by Crippen LogP contribution is 2.11.